The van der Waals surface area contributed by atoms with Gasteiger partial charge in [-0.15, -0.1) is 0 Å². The van der Waals surface area contributed by atoms with Crippen LogP contribution in [-0.2, 0) is 15.0 Å². The van der Waals surface area contributed by atoms with Crippen LogP contribution in [-0.4, -0.2) is 18.4 Å². The summed E-state index contributed by atoms with van der Waals surface area (Å²) >= 11 is 0. The molecular weight excluding hydrogens is 324 g/mol. The molecular formula is C22H26N2O2. The van der Waals surface area contributed by atoms with Crippen LogP contribution in [0.25, 0.3) is 0 Å². The van der Waals surface area contributed by atoms with Crippen LogP contribution in [0.1, 0.15) is 38.3 Å². The number of benzene rings is 2. The normalized spacial score (nSPS) is 17.5. The summed E-state index contributed by atoms with van der Waals surface area (Å²) in [5.74, 6) is -0.426. The lowest BCUT2D eigenvalue weighted by Crippen LogP contribution is -2.28. The number of carbonyl (C=O) groups is 2. The molecule has 0 radical (unpaired) electrons. The van der Waals surface area contributed by atoms with E-state index in [1.165, 1.54) is 5.56 Å². The van der Waals surface area contributed by atoms with Crippen LogP contribution in [0.4, 0.5) is 11.4 Å². The van der Waals surface area contributed by atoms with Gasteiger partial charge in [-0.05, 0) is 41.7 Å². The van der Waals surface area contributed by atoms with Crippen molar-refractivity contribution in [2.24, 2.45) is 5.92 Å². The molecule has 0 aliphatic carbocycles. The van der Waals surface area contributed by atoms with Gasteiger partial charge in [-0.25, -0.2) is 0 Å². The molecule has 1 N–H and O–H groups in total. The zero-order chi connectivity index (χ0) is 18.9. The molecule has 26 heavy (non-hydrogen) atoms. The topological polar surface area (TPSA) is 49.4 Å². The second-order valence-corrected chi connectivity index (χ2v) is 8.01. The number of nitrogens with one attached hydrogen (secondary N) is 1. The van der Waals surface area contributed by atoms with Gasteiger partial charge < -0.3 is 10.2 Å². The average Bonchev–Trinajstić information content (AvgIpc) is 2.97. The van der Waals surface area contributed by atoms with Gasteiger partial charge in [0.2, 0.25) is 11.8 Å². The fourth-order valence-corrected chi connectivity index (χ4v) is 3.28. The lowest BCUT2D eigenvalue weighted by atomic mass is 9.87. The minimum atomic E-state index is -0.329. The highest BCUT2D eigenvalue weighted by Crippen LogP contribution is 2.29. The minimum absolute atomic E-state index is 0.00234. The van der Waals surface area contributed by atoms with Crippen molar-refractivity contribution in [1.82, 2.24) is 0 Å². The summed E-state index contributed by atoms with van der Waals surface area (Å²) in [6.45, 7) is 8.88. The van der Waals surface area contributed by atoms with Crippen molar-refractivity contribution in [3.05, 3.63) is 59.7 Å². The molecule has 1 aliphatic heterocycles. The largest absolute Gasteiger partial charge is 0.326 e. The molecule has 1 atom stereocenters. The summed E-state index contributed by atoms with van der Waals surface area (Å²) in [5, 5.41) is 2.95. The standard InChI is InChI=1S/C22H26N2O2/c1-15-7-5-6-8-19(15)24-14-16(13-20(24)25)21(26)23-18-11-9-17(10-12-18)22(2,3)4/h5-12,16H,13-14H2,1-4H3,(H,23,26). The maximum Gasteiger partial charge on any atom is 0.229 e. The summed E-state index contributed by atoms with van der Waals surface area (Å²) < 4.78 is 0. The van der Waals surface area contributed by atoms with Crippen LogP contribution in [0, 0.1) is 12.8 Å². The molecule has 4 heteroatoms. The molecule has 0 saturated carbocycles. The third-order valence-electron chi connectivity index (χ3n) is 4.92. The number of hydrogen-bond donors (Lipinski definition) is 1. The number of carbonyl (C=O) groups excluding carboxylic acids is 2. The van der Waals surface area contributed by atoms with Gasteiger partial charge in [-0.1, -0.05) is 51.1 Å². The zero-order valence-corrected chi connectivity index (χ0v) is 15.9. The van der Waals surface area contributed by atoms with Gasteiger partial charge in [-0.2, -0.15) is 0 Å². The number of aryl methyl sites for hydroxylation is 1. The van der Waals surface area contributed by atoms with Crippen molar-refractivity contribution in [3.63, 3.8) is 0 Å². The third-order valence-corrected chi connectivity index (χ3v) is 4.92. The van der Waals surface area contributed by atoms with E-state index in [0.29, 0.717) is 6.54 Å². The molecule has 1 saturated heterocycles. The van der Waals surface area contributed by atoms with Gasteiger partial charge in [-0.3, -0.25) is 9.59 Å². The Morgan fingerprint density at radius 2 is 1.73 bits per heavy atom. The Bertz CT molecular complexity index is 819. The Labute approximate surface area is 155 Å². The Kier molecular flexibility index (Phi) is 4.86. The van der Waals surface area contributed by atoms with Crippen molar-refractivity contribution < 1.29 is 9.59 Å². The third kappa shape index (κ3) is 3.79. The van der Waals surface area contributed by atoms with Crippen LogP contribution in [0.3, 0.4) is 0 Å². The van der Waals surface area contributed by atoms with Gasteiger partial charge in [0.1, 0.15) is 0 Å². The summed E-state index contributed by atoms with van der Waals surface area (Å²) in [5.41, 5.74) is 4.00. The van der Waals surface area contributed by atoms with Crippen LogP contribution >= 0.6 is 0 Å². The molecule has 136 valence electrons. The number of anilines is 2. The summed E-state index contributed by atoms with van der Waals surface area (Å²) in [6, 6.07) is 15.7. The molecule has 4 nitrogen and oxygen atoms in total. The second kappa shape index (κ2) is 6.94. The van der Waals surface area contributed by atoms with E-state index >= 15 is 0 Å². The van der Waals surface area contributed by atoms with Crippen LogP contribution in [0.15, 0.2) is 48.5 Å². The van der Waals surface area contributed by atoms with Gasteiger partial charge in [0.05, 0.1) is 5.92 Å². The predicted molar refractivity (Wildman–Crippen MR) is 105 cm³/mol. The van der Waals surface area contributed by atoms with Crippen molar-refractivity contribution in [3.8, 4) is 0 Å². The summed E-state index contributed by atoms with van der Waals surface area (Å²) in [6.07, 6.45) is 0.250. The van der Waals surface area contributed by atoms with E-state index in [0.717, 1.165) is 16.9 Å². The van der Waals surface area contributed by atoms with Gasteiger partial charge >= 0.3 is 0 Å². The molecule has 1 fully saturated rings. The van der Waals surface area contributed by atoms with Crippen LogP contribution < -0.4 is 10.2 Å². The van der Waals surface area contributed by atoms with Crippen molar-refractivity contribution in [2.75, 3.05) is 16.8 Å². The first-order valence-electron chi connectivity index (χ1n) is 9.03. The first-order chi connectivity index (χ1) is 12.3. The number of nitrogens with zero attached hydrogens (tertiary/aromatic N) is 1. The maximum absolute atomic E-state index is 12.6. The molecule has 1 aliphatic rings. The first kappa shape index (κ1) is 18.2. The van der Waals surface area contributed by atoms with E-state index in [2.05, 4.69) is 26.1 Å². The smallest absolute Gasteiger partial charge is 0.229 e. The molecule has 1 unspecified atom stereocenters. The SMILES string of the molecule is Cc1ccccc1N1CC(C(=O)Nc2ccc(C(C)(C)C)cc2)CC1=O. The van der Waals surface area contributed by atoms with E-state index < -0.39 is 0 Å². The van der Waals surface area contributed by atoms with Crippen LogP contribution in [0.5, 0.6) is 0 Å². The van der Waals surface area contributed by atoms with Crippen molar-refractivity contribution in [2.45, 2.75) is 39.5 Å². The number of rotatable bonds is 3. The average molecular weight is 350 g/mol. The highest BCUT2D eigenvalue weighted by Gasteiger charge is 2.35. The molecule has 0 bridgehead atoms. The quantitative estimate of drug-likeness (QED) is 0.898. The highest BCUT2D eigenvalue weighted by atomic mass is 16.2. The molecule has 0 aromatic heterocycles. The Morgan fingerprint density at radius 1 is 1.08 bits per heavy atom. The van der Waals surface area contributed by atoms with Crippen LogP contribution in [0.2, 0.25) is 0 Å². The van der Waals surface area contributed by atoms with E-state index in [9.17, 15) is 9.59 Å². The zero-order valence-electron chi connectivity index (χ0n) is 15.9. The number of amides is 2. The van der Waals surface area contributed by atoms with Crippen molar-refractivity contribution in [1.29, 1.82) is 0 Å². The van der Waals surface area contributed by atoms with Gasteiger partial charge in [0.15, 0.2) is 0 Å². The number of para-hydroxylation sites is 1. The molecule has 1 heterocycles. The summed E-state index contributed by atoms with van der Waals surface area (Å²) in [4.78, 5) is 26.7. The maximum atomic E-state index is 12.6. The van der Waals surface area contributed by atoms with Gasteiger partial charge in [0.25, 0.3) is 0 Å². The minimum Gasteiger partial charge on any atom is -0.326 e. The predicted octanol–water partition coefficient (Wildman–Crippen LogP) is 4.28. The lowest BCUT2D eigenvalue weighted by molar-refractivity contribution is -0.122. The summed E-state index contributed by atoms with van der Waals surface area (Å²) in [7, 11) is 0. The molecule has 2 aromatic carbocycles. The van der Waals surface area contributed by atoms with E-state index in [1.54, 1.807) is 4.90 Å². The van der Waals surface area contributed by atoms with E-state index in [1.807, 2.05) is 55.5 Å². The molecule has 2 aromatic rings. The Hall–Kier alpha value is -2.62. The lowest BCUT2D eigenvalue weighted by Gasteiger charge is -2.20. The van der Waals surface area contributed by atoms with E-state index in [4.69, 9.17) is 0 Å². The highest BCUT2D eigenvalue weighted by molar-refractivity contribution is 6.03. The number of hydrogen-bond acceptors (Lipinski definition) is 2. The first-order valence-corrected chi connectivity index (χ1v) is 9.03. The van der Waals surface area contributed by atoms with E-state index in [-0.39, 0.29) is 29.6 Å². The fraction of sp³-hybridized carbons (Fsp3) is 0.364. The molecule has 2 amide bonds. The Balaban J connectivity index is 1.68. The van der Waals surface area contributed by atoms with Gasteiger partial charge in [0, 0.05) is 24.3 Å². The molecule has 3 rings (SSSR count). The Morgan fingerprint density at radius 3 is 2.35 bits per heavy atom. The second-order valence-electron chi connectivity index (χ2n) is 8.01. The fourth-order valence-electron chi connectivity index (χ4n) is 3.28. The monoisotopic (exact) mass is 350 g/mol. The molecule has 0 spiro atoms. The van der Waals surface area contributed by atoms with Crippen molar-refractivity contribution >= 4 is 23.2 Å².